The molecule has 0 radical (unpaired) electrons. The van der Waals surface area contributed by atoms with Crippen molar-refractivity contribution in [3.8, 4) is 5.75 Å². The third-order valence-corrected chi connectivity index (χ3v) is 4.57. The number of nitrogens with one attached hydrogen (secondary N) is 1. The molecule has 2 aromatic heterocycles. The summed E-state index contributed by atoms with van der Waals surface area (Å²) in [4.78, 5) is 29.5. The molecule has 0 fully saturated rings. The van der Waals surface area contributed by atoms with E-state index in [1.165, 1.54) is 22.2 Å². The van der Waals surface area contributed by atoms with Gasteiger partial charge in [-0.2, -0.15) is 0 Å². The summed E-state index contributed by atoms with van der Waals surface area (Å²) < 4.78 is 6.63. The second kappa shape index (κ2) is 6.84. The molecule has 0 saturated carbocycles. The van der Waals surface area contributed by atoms with Crippen LogP contribution >= 0.6 is 11.3 Å². The molecule has 1 N–H and O–H groups in total. The number of carbonyl (C=O) groups excluding carboxylic acids is 1. The lowest BCUT2D eigenvalue weighted by atomic mass is 10.1. The Morgan fingerprint density at radius 2 is 2.17 bits per heavy atom. The maximum atomic E-state index is 12.3. The average Bonchev–Trinajstić information content (AvgIpc) is 3.06. The molecule has 6 nitrogen and oxygen atoms in total. The molecule has 0 saturated heterocycles. The van der Waals surface area contributed by atoms with Crippen LogP contribution < -0.4 is 15.6 Å². The molecular weight excluding hydrogens is 326 g/mol. The molecule has 0 spiro atoms. The topological polar surface area (TPSA) is 73.2 Å². The molecule has 1 aromatic carbocycles. The molecule has 1 atom stereocenters. The van der Waals surface area contributed by atoms with E-state index < -0.39 is 0 Å². The van der Waals surface area contributed by atoms with Gasteiger partial charge in [0.1, 0.15) is 17.1 Å². The van der Waals surface area contributed by atoms with Gasteiger partial charge in [0.2, 0.25) is 5.91 Å². The number of hydrogen-bond donors (Lipinski definition) is 1. The van der Waals surface area contributed by atoms with E-state index in [1.807, 2.05) is 36.6 Å². The van der Waals surface area contributed by atoms with E-state index in [1.54, 1.807) is 13.2 Å². The third kappa shape index (κ3) is 3.16. The normalized spacial score (nSPS) is 12.1. The summed E-state index contributed by atoms with van der Waals surface area (Å²) in [5, 5.41) is 5.23. The van der Waals surface area contributed by atoms with Crippen LogP contribution in [-0.4, -0.2) is 22.6 Å². The maximum Gasteiger partial charge on any atom is 0.262 e. The van der Waals surface area contributed by atoms with Crippen LogP contribution in [0.3, 0.4) is 0 Å². The fourth-order valence-electron chi connectivity index (χ4n) is 2.55. The van der Waals surface area contributed by atoms with Crippen LogP contribution in [-0.2, 0) is 11.3 Å². The largest absolute Gasteiger partial charge is 0.496 e. The molecule has 1 unspecified atom stereocenters. The highest BCUT2D eigenvalue weighted by Crippen LogP contribution is 2.24. The molecule has 24 heavy (non-hydrogen) atoms. The Labute approximate surface area is 142 Å². The zero-order valence-corrected chi connectivity index (χ0v) is 14.2. The van der Waals surface area contributed by atoms with Crippen molar-refractivity contribution in [1.29, 1.82) is 0 Å². The number of carbonyl (C=O) groups is 1. The lowest BCUT2D eigenvalue weighted by Crippen LogP contribution is -2.33. The highest BCUT2D eigenvalue weighted by atomic mass is 32.1. The number of rotatable bonds is 5. The number of para-hydroxylation sites is 1. The highest BCUT2D eigenvalue weighted by Gasteiger charge is 2.15. The standard InChI is InChI=1S/C17H17N3O3S/c1-11(12-5-3-4-6-14(12)23-2)19-15(21)9-20-10-18-16-13(17(20)22)7-8-24-16/h3-8,10-11H,9H2,1-2H3,(H,19,21). The van der Waals surface area contributed by atoms with Gasteiger partial charge in [-0.3, -0.25) is 14.2 Å². The SMILES string of the molecule is COc1ccccc1C(C)NC(=O)Cn1cnc2sccc2c1=O. The van der Waals surface area contributed by atoms with Crippen molar-refractivity contribution in [3.63, 3.8) is 0 Å². The summed E-state index contributed by atoms with van der Waals surface area (Å²) in [7, 11) is 1.59. The Bertz CT molecular complexity index is 932. The minimum Gasteiger partial charge on any atom is -0.496 e. The van der Waals surface area contributed by atoms with Crippen molar-refractivity contribution in [2.75, 3.05) is 7.11 Å². The maximum absolute atomic E-state index is 12.3. The van der Waals surface area contributed by atoms with Crippen LogP contribution in [0.2, 0.25) is 0 Å². The van der Waals surface area contributed by atoms with E-state index >= 15 is 0 Å². The van der Waals surface area contributed by atoms with E-state index in [4.69, 9.17) is 4.74 Å². The molecule has 0 aliphatic heterocycles. The van der Waals surface area contributed by atoms with E-state index in [9.17, 15) is 9.59 Å². The van der Waals surface area contributed by atoms with Gasteiger partial charge in [0.15, 0.2) is 0 Å². The van der Waals surface area contributed by atoms with E-state index in [0.29, 0.717) is 16.0 Å². The van der Waals surface area contributed by atoms with Crippen molar-refractivity contribution in [3.05, 3.63) is 58.0 Å². The van der Waals surface area contributed by atoms with Gasteiger partial charge >= 0.3 is 0 Å². The predicted octanol–water partition coefficient (Wildman–Crippen LogP) is 2.34. The van der Waals surface area contributed by atoms with Crippen molar-refractivity contribution in [1.82, 2.24) is 14.9 Å². The molecule has 0 aliphatic rings. The first-order valence-electron chi connectivity index (χ1n) is 7.45. The first-order chi connectivity index (χ1) is 11.6. The van der Waals surface area contributed by atoms with Crippen molar-refractivity contribution >= 4 is 27.5 Å². The Kier molecular flexibility index (Phi) is 4.61. The molecule has 3 aromatic rings. The van der Waals surface area contributed by atoms with Gasteiger partial charge in [-0.15, -0.1) is 11.3 Å². The number of methoxy groups -OCH3 is 1. The van der Waals surface area contributed by atoms with Gasteiger partial charge in [-0.25, -0.2) is 4.98 Å². The monoisotopic (exact) mass is 343 g/mol. The number of benzene rings is 1. The zero-order chi connectivity index (χ0) is 17.1. The van der Waals surface area contributed by atoms with E-state index in [-0.39, 0.29) is 24.1 Å². The molecule has 3 rings (SSSR count). The summed E-state index contributed by atoms with van der Waals surface area (Å²) in [6.45, 7) is 1.80. The van der Waals surface area contributed by atoms with Crippen LogP contribution in [0.1, 0.15) is 18.5 Å². The van der Waals surface area contributed by atoms with Gasteiger partial charge in [-0.1, -0.05) is 18.2 Å². The summed E-state index contributed by atoms with van der Waals surface area (Å²) in [6, 6.07) is 8.99. The minimum atomic E-state index is -0.258. The van der Waals surface area contributed by atoms with Crippen molar-refractivity contribution in [2.24, 2.45) is 0 Å². The molecule has 124 valence electrons. The lowest BCUT2D eigenvalue weighted by molar-refractivity contribution is -0.122. The van der Waals surface area contributed by atoms with Crippen LogP contribution in [0.15, 0.2) is 46.8 Å². The Morgan fingerprint density at radius 3 is 2.96 bits per heavy atom. The van der Waals surface area contributed by atoms with Gasteiger partial charge < -0.3 is 10.1 Å². The number of hydrogen-bond acceptors (Lipinski definition) is 5. The van der Waals surface area contributed by atoms with Gasteiger partial charge in [0.05, 0.1) is 24.9 Å². The Hall–Kier alpha value is -2.67. The summed E-state index contributed by atoms with van der Waals surface area (Å²) in [5.74, 6) is 0.454. The quantitative estimate of drug-likeness (QED) is 0.772. The minimum absolute atomic E-state index is 0.0723. The zero-order valence-electron chi connectivity index (χ0n) is 13.4. The lowest BCUT2D eigenvalue weighted by Gasteiger charge is -2.17. The van der Waals surface area contributed by atoms with E-state index in [0.717, 1.165) is 5.56 Å². The number of aromatic nitrogens is 2. The molecular formula is C17H17N3O3S. The van der Waals surface area contributed by atoms with Crippen molar-refractivity contribution < 1.29 is 9.53 Å². The third-order valence-electron chi connectivity index (χ3n) is 3.75. The second-order valence-corrected chi connectivity index (χ2v) is 6.24. The fraction of sp³-hybridized carbons (Fsp3) is 0.235. The van der Waals surface area contributed by atoms with Crippen molar-refractivity contribution in [2.45, 2.75) is 19.5 Å². The van der Waals surface area contributed by atoms with Crippen LogP contribution in [0, 0.1) is 0 Å². The first-order valence-corrected chi connectivity index (χ1v) is 8.33. The molecule has 1 amide bonds. The molecule has 0 bridgehead atoms. The summed E-state index contributed by atoms with van der Waals surface area (Å²) in [5.41, 5.74) is 0.674. The summed E-state index contributed by atoms with van der Waals surface area (Å²) in [6.07, 6.45) is 1.41. The van der Waals surface area contributed by atoms with Gasteiger partial charge in [0.25, 0.3) is 5.56 Å². The number of amides is 1. The highest BCUT2D eigenvalue weighted by molar-refractivity contribution is 7.16. The second-order valence-electron chi connectivity index (χ2n) is 5.35. The molecule has 7 heteroatoms. The number of nitrogens with zero attached hydrogens (tertiary/aromatic N) is 2. The summed E-state index contributed by atoms with van der Waals surface area (Å²) >= 11 is 1.40. The predicted molar refractivity (Wildman–Crippen MR) is 93.4 cm³/mol. The fourth-order valence-corrected chi connectivity index (χ4v) is 3.27. The Morgan fingerprint density at radius 1 is 1.38 bits per heavy atom. The van der Waals surface area contributed by atoms with Crippen LogP contribution in [0.5, 0.6) is 5.75 Å². The van der Waals surface area contributed by atoms with E-state index in [2.05, 4.69) is 10.3 Å². The first kappa shape index (κ1) is 16.2. The van der Waals surface area contributed by atoms with Gasteiger partial charge in [-0.05, 0) is 24.4 Å². The van der Waals surface area contributed by atoms with Gasteiger partial charge in [0, 0.05) is 5.56 Å². The van der Waals surface area contributed by atoms with Crippen LogP contribution in [0.4, 0.5) is 0 Å². The number of fused-ring (bicyclic) bond motifs is 1. The Balaban J connectivity index is 1.75. The number of thiophene rings is 1. The number of ether oxygens (including phenoxy) is 1. The average molecular weight is 343 g/mol. The molecule has 2 heterocycles. The molecule has 0 aliphatic carbocycles. The smallest absolute Gasteiger partial charge is 0.262 e. The van der Waals surface area contributed by atoms with Crippen LogP contribution in [0.25, 0.3) is 10.2 Å².